The summed E-state index contributed by atoms with van der Waals surface area (Å²) in [6, 6.07) is 13.1. The summed E-state index contributed by atoms with van der Waals surface area (Å²) in [6.07, 6.45) is 0.782. The largest absolute Gasteiger partial charge is 0.465 e. The molecule has 2 rings (SSSR count). The van der Waals surface area contributed by atoms with E-state index in [-0.39, 0.29) is 5.78 Å². The molecule has 3 heteroatoms. The number of benzene rings is 2. The average molecular weight is 352 g/mol. The van der Waals surface area contributed by atoms with Crippen molar-refractivity contribution in [1.82, 2.24) is 0 Å². The quantitative estimate of drug-likeness (QED) is 0.392. The van der Waals surface area contributed by atoms with Crippen molar-refractivity contribution in [2.75, 3.05) is 6.61 Å². The van der Waals surface area contributed by atoms with Gasteiger partial charge in [0.15, 0.2) is 5.78 Å². The first-order chi connectivity index (χ1) is 12.3. The standard InChI is InChI=1S/C23H28O3/c1-15(2)11-12-26-23(25)21(19-9-7-6-8-10-19)22(24)20-17(4)13-16(3)14-18(20)5/h6-10,13-15,21H,11-12H2,1-5H3. The lowest BCUT2D eigenvalue weighted by molar-refractivity contribution is -0.144. The smallest absolute Gasteiger partial charge is 0.321 e. The van der Waals surface area contributed by atoms with E-state index < -0.39 is 11.9 Å². The van der Waals surface area contributed by atoms with Crippen LogP contribution in [0, 0.1) is 26.7 Å². The molecule has 0 spiro atoms. The van der Waals surface area contributed by atoms with Crippen molar-refractivity contribution in [1.29, 1.82) is 0 Å². The second-order valence-electron chi connectivity index (χ2n) is 7.33. The first-order valence-electron chi connectivity index (χ1n) is 9.15. The van der Waals surface area contributed by atoms with Crippen molar-refractivity contribution in [3.63, 3.8) is 0 Å². The Morgan fingerprint density at radius 2 is 1.54 bits per heavy atom. The zero-order valence-corrected chi connectivity index (χ0v) is 16.3. The normalized spacial score (nSPS) is 12.1. The van der Waals surface area contributed by atoms with Gasteiger partial charge in [-0.3, -0.25) is 9.59 Å². The van der Waals surface area contributed by atoms with E-state index in [9.17, 15) is 9.59 Å². The van der Waals surface area contributed by atoms with E-state index in [0.717, 1.165) is 23.1 Å². The summed E-state index contributed by atoms with van der Waals surface area (Å²) in [5.41, 5.74) is 4.18. The number of esters is 1. The number of hydrogen-bond acceptors (Lipinski definition) is 3. The maximum atomic E-state index is 13.3. The van der Waals surface area contributed by atoms with Gasteiger partial charge in [0, 0.05) is 5.56 Å². The van der Waals surface area contributed by atoms with Gasteiger partial charge in [-0.1, -0.05) is 61.9 Å². The maximum absolute atomic E-state index is 13.3. The second kappa shape index (κ2) is 8.79. The Morgan fingerprint density at radius 1 is 0.962 bits per heavy atom. The fraction of sp³-hybridized carbons (Fsp3) is 0.391. The minimum atomic E-state index is -0.927. The van der Waals surface area contributed by atoms with E-state index in [2.05, 4.69) is 13.8 Å². The van der Waals surface area contributed by atoms with Gasteiger partial charge in [0.1, 0.15) is 5.92 Å². The molecule has 26 heavy (non-hydrogen) atoms. The van der Waals surface area contributed by atoms with Gasteiger partial charge in [-0.25, -0.2) is 0 Å². The van der Waals surface area contributed by atoms with Crippen LogP contribution in [0.25, 0.3) is 0 Å². The number of hydrogen-bond donors (Lipinski definition) is 0. The monoisotopic (exact) mass is 352 g/mol. The lowest BCUT2D eigenvalue weighted by Gasteiger charge is -2.19. The van der Waals surface area contributed by atoms with Crippen molar-refractivity contribution in [2.45, 2.75) is 47.0 Å². The fourth-order valence-corrected chi connectivity index (χ4v) is 3.23. The molecule has 1 unspecified atom stereocenters. The number of Topliss-reactive ketones (excluding diaryl/α,β-unsaturated/α-hetero) is 1. The molecular weight excluding hydrogens is 324 g/mol. The topological polar surface area (TPSA) is 43.4 Å². The SMILES string of the molecule is Cc1cc(C)c(C(=O)C(C(=O)OCCC(C)C)c2ccccc2)c(C)c1. The molecule has 0 bridgehead atoms. The number of ether oxygens (including phenoxy) is 1. The number of aryl methyl sites for hydroxylation is 3. The number of carbonyl (C=O) groups excluding carboxylic acids is 2. The van der Waals surface area contributed by atoms with Gasteiger partial charge >= 0.3 is 5.97 Å². The number of ketones is 1. The molecule has 0 radical (unpaired) electrons. The molecule has 0 aromatic heterocycles. The summed E-state index contributed by atoms with van der Waals surface area (Å²) in [5, 5.41) is 0. The molecule has 0 aliphatic rings. The van der Waals surface area contributed by atoms with E-state index in [4.69, 9.17) is 4.74 Å². The van der Waals surface area contributed by atoms with Crippen molar-refractivity contribution in [3.8, 4) is 0 Å². The summed E-state index contributed by atoms with van der Waals surface area (Å²) >= 11 is 0. The fourth-order valence-electron chi connectivity index (χ4n) is 3.23. The molecule has 0 amide bonds. The van der Waals surface area contributed by atoms with Crippen LogP contribution in [0.15, 0.2) is 42.5 Å². The molecule has 0 aliphatic carbocycles. The summed E-state index contributed by atoms with van der Waals surface area (Å²) in [5.74, 6) is -1.15. The van der Waals surface area contributed by atoms with Crippen molar-refractivity contribution in [3.05, 3.63) is 70.3 Å². The third-order valence-electron chi connectivity index (χ3n) is 4.49. The van der Waals surface area contributed by atoms with E-state index in [1.165, 1.54) is 0 Å². The van der Waals surface area contributed by atoms with Crippen LogP contribution in [-0.2, 0) is 9.53 Å². The van der Waals surface area contributed by atoms with Crippen molar-refractivity contribution >= 4 is 11.8 Å². The van der Waals surface area contributed by atoms with Gasteiger partial charge < -0.3 is 4.74 Å². The summed E-state index contributed by atoms with van der Waals surface area (Å²) in [7, 11) is 0. The molecule has 2 aromatic rings. The highest BCUT2D eigenvalue weighted by Gasteiger charge is 2.32. The molecule has 3 nitrogen and oxygen atoms in total. The maximum Gasteiger partial charge on any atom is 0.321 e. The predicted molar refractivity (Wildman–Crippen MR) is 105 cm³/mol. The van der Waals surface area contributed by atoms with Crippen LogP contribution in [0.2, 0.25) is 0 Å². The lowest BCUT2D eigenvalue weighted by atomic mass is 9.86. The molecule has 1 atom stereocenters. The average Bonchev–Trinajstić information content (AvgIpc) is 2.54. The minimum absolute atomic E-state index is 0.194. The van der Waals surface area contributed by atoms with Gasteiger partial charge in [0.2, 0.25) is 0 Å². The Labute approximate surface area is 156 Å². The van der Waals surface area contributed by atoms with Crippen LogP contribution >= 0.6 is 0 Å². The molecule has 0 saturated carbocycles. The Bertz CT molecular complexity index is 752. The second-order valence-corrected chi connectivity index (χ2v) is 7.33. The third-order valence-corrected chi connectivity index (χ3v) is 4.49. The summed E-state index contributed by atoms with van der Waals surface area (Å²) < 4.78 is 5.46. The van der Waals surface area contributed by atoms with Gasteiger partial charge in [-0.15, -0.1) is 0 Å². The van der Waals surface area contributed by atoms with E-state index in [1.807, 2.05) is 63.2 Å². The lowest BCUT2D eigenvalue weighted by Crippen LogP contribution is -2.26. The van der Waals surface area contributed by atoms with Crippen LogP contribution in [-0.4, -0.2) is 18.4 Å². The van der Waals surface area contributed by atoms with Gasteiger partial charge in [-0.2, -0.15) is 0 Å². The molecule has 0 heterocycles. The first kappa shape index (κ1) is 19.9. The van der Waals surface area contributed by atoms with Crippen LogP contribution in [0.1, 0.15) is 58.8 Å². The Morgan fingerprint density at radius 3 is 2.08 bits per heavy atom. The highest BCUT2D eigenvalue weighted by Crippen LogP contribution is 2.27. The van der Waals surface area contributed by atoms with Crippen LogP contribution in [0.4, 0.5) is 0 Å². The van der Waals surface area contributed by atoms with Gasteiger partial charge in [-0.05, 0) is 49.8 Å². The molecule has 2 aromatic carbocycles. The van der Waals surface area contributed by atoms with Crippen LogP contribution in [0.5, 0.6) is 0 Å². The molecule has 0 aliphatic heterocycles. The highest BCUT2D eigenvalue weighted by molar-refractivity contribution is 6.14. The van der Waals surface area contributed by atoms with E-state index in [0.29, 0.717) is 23.7 Å². The number of carbonyl (C=O) groups is 2. The van der Waals surface area contributed by atoms with Crippen molar-refractivity contribution < 1.29 is 14.3 Å². The van der Waals surface area contributed by atoms with Gasteiger partial charge in [0.05, 0.1) is 6.61 Å². The Kier molecular flexibility index (Phi) is 6.73. The van der Waals surface area contributed by atoms with E-state index >= 15 is 0 Å². The van der Waals surface area contributed by atoms with Crippen LogP contribution < -0.4 is 0 Å². The molecule has 0 fully saturated rings. The summed E-state index contributed by atoms with van der Waals surface area (Å²) in [4.78, 5) is 26.1. The molecule has 0 saturated heterocycles. The zero-order valence-electron chi connectivity index (χ0n) is 16.3. The van der Waals surface area contributed by atoms with E-state index in [1.54, 1.807) is 0 Å². The minimum Gasteiger partial charge on any atom is -0.465 e. The highest BCUT2D eigenvalue weighted by atomic mass is 16.5. The van der Waals surface area contributed by atoms with Crippen LogP contribution in [0.3, 0.4) is 0 Å². The van der Waals surface area contributed by atoms with Gasteiger partial charge in [0.25, 0.3) is 0 Å². The Hall–Kier alpha value is -2.42. The Balaban J connectivity index is 2.38. The molecule has 138 valence electrons. The molecule has 0 N–H and O–H groups in total. The molecular formula is C23H28O3. The zero-order chi connectivity index (χ0) is 19.3. The summed E-state index contributed by atoms with van der Waals surface area (Å²) in [6.45, 7) is 10.3. The third kappa shape index (κ3) is 4.81. The number of rotatable bonds is 7. The first-order valence-corrected chi connectivity index (χ1v) is 9.15. The predicted octanol–water partition coefficient (Wildman–Crippen LogP) is 5.17. The van der Waals surface area contributed by atoms with Crippen molar-refractivity contribution in [2.24, 2.45) is 5.92 Å².